The van der Waals surface area contributed by atoms with Crippen LogP contribution in [0.3, 0.4) is 0 Å². The van der Waals surface area contributed by atoms with E-state index in [4.69, 9.17) is 0 Å². The van der Waals surface area contributed by atoms with Gasteiger partial charge in [0.2, 0.25) is 0 Å². The molecule has 0 unspecified atom stereocenters. The van der Waals surface area contributed by atoms with E-state index in [1.54, 1.807) is 0 Å². The summed E-state index contributed by atoms with van der Waals surface area (Å²) in [5.41, 5.74) is 8.27. The molecule has 0 aliphatic heterocycles. The minimum absolute atomic E-state index is 0.948. The quantitative estimate of drug-likeness (QED) is 0.775. The molecule has 0 aromatic heterocycles. The highest BCUT2D eigenvalue weighted by atomic mass is 15.1. The van der Waals surface area contributed by atoms with Crippen molar-refractivity contribution in [3.63, 3.8) is 0 Å². The van der Waals surface area contributed by atoms with Crippen molar-refractivity contribution < 1.29 is 0 Å². The van der Waals surface area contributed by atoms with Gasteiger partial charge >= 0.3 is 0 Å². The molecule has 0 aliphatic rings. The van der Waals surface area contributed by atoms with Gasteiger partial charge in [-0.25, -0.2) is 0 Å². The van der Waals surface area contributed by atoms with Gasteiger partial charge in [-0.15, -0.1) is 0 Å². The van der Waals surface area contributed by atoms with Gasteiger partial charge in [-0.3, -0.25) is 0 Å². The van der Waals surface area contributed by atoms with Crippen LogP contribution in [-0.4, -0.2) is 7.05 Å². The lowest BCUT2D eigenvalue weighted by Crippen LogP contribution is -2.18. The van der Waals surface area contributed by atoms with Gasteiger partial charge in [0.1, 0.15) is 0 Å². The SMILES string of the molecule is Cc1cc(N(C)Cc2ccccc2)c(C)c(C)c1C. The molecule has 100 valence electrons. The van der Waals surface area contributed by atoms with E-state index in [9.17, 15) is 0 Å². The fraction of sp³-hybridized carbons (Fsp3) is 0.333. The predicted octanol–water partition coefficient (Wildman–Crippen LogP) is 4.56. The average molecular weight is 253 g/mol. The smallest absolute Gasteiger partial charge is 0.0426 e. The summed E-state index contributed by atoms with van der Waals surface area (Å²) < 4.78 is 0. The number of hydrogen-bond donors (Lipinski definition) is 0. The molecule has 1 nitrogen and oxygen atoms in total. The normalized spacial score (nSPS) is 10.6. The summed E-state index contributed by atoms with van der Waals surface area (Å²) in [6.45, 7) is 9.79. The van der Waals surface area contributed by atoms with E-state index < -0.39 is 0 Å². The Labute approximate surface area is 116 Å². The Morgan fingerprint density at radius 2 is 1.47 bits per heavy atom. The predicted molar refractivity (Wildman–Crippen MR) is 83.9 cm³/mol. The van der Waals surface area contributed by atoms with Gasteiger partial charge in [0.25, 0.3) is 0 Å². The number of nitrogens with zero attached hydrogens (tertiary/aromatic N) is 1. The van der Waals surface area contributed by atoms with Crippen molar-refractivity contribution in [2.24, 2.45) is 0 Å². The first kappa shape index (κ1) is 13.7. The van der Waals surface area contributed by atoms with Crippen LogP contribution < -0.4 is 4.90 Å². The van der Waals surface area contributed by atoms with Crippen LogP contribution in [0.1, 0.15) is 27.8 Å². The van der Waals surface area contributed by atoms with Crippen molar-refractivity contribution in [1.82, 2.24) is 0 Å². The first-order chi connectivity index (χ1) is 9.00. The lowest BCUT2D eigenvalue weighted by Gasteiger charge is -2.24. The molecular formula is C18H23N. The van der Waals surface area contributed by atoms with Crippen LogP contribution in [0, 0.1) is 27.7 Å². The molecule has 2 aromatic rings. The number of hydrogen-bond acceptors (Lipinski definition) is 1. The van der Waals surface area contributed by atoms with E-state index >= 15 is 0 Å². The first-order valence-electron chi connectivity index (χ1n) is 6.83. The number of benzene rings is 2. The van der Waals surface area contributed by atoms with Crippen molar-refractivity contribution in [1.29, 1.82) is 0 Å². The fourth-order valence-electron chi connectivity index (χ4n) is 2.53. The number of aryl methyl sites for hydroxylation is 1. The van der Waals surface area contributed by atoms with Gasteiger partial charge in [-0.1, -0.05) is 30.3 Å². The maximum Gasteiger partial charge on any atom is 0.0426 e. The maximum absolute atomic E-state index is 2.34. The summed E-state index contributed by atoms with van der Waals surface area (Å²) in [7, 11) is 2.17. The maximum atomic E-state index is 2.34. The minimum Gasteiger partial charge on any atom is -0.370 e. The third-order valence-corrected chi connectivity index (χ3v) is 4.13. The molecule has 0 spiro atoms. The molecule has 0 aliphatic carbocycles. The third-order valence-electron chi connectivity index (χ3n) is 4.13. The van der Waals surface area contributed by atoms with E-state index in [-0.39, 0.29) is 0 Å². The summed E-state index contributed by atoms with van der Waals surface area (Å²) >= 11 is 0. The van der Waals surface area contributed by atoms with Crippen molar-refractivity contribution in [3.8, 4) is 0 Å². The lowest BCUT2D eigenvalue weighted by molar-refractivity contribution is 0.912. The van der Waals surface area contributed by atoms with E-state index in [1.165, 1.54) is 33.5 Å². The molecule has 0 amide bonds. The van der Waals surface area contributed by atoms with Crippen LogP contribution in [0.5, 0.6) is 0 Å². The molecule has 2 rings (SSSR count). The van der Waals surface area contributed by atoms with E-state index in [0.29, 0.717) is 0 Å². The van der Waals surface area contributed by atoms with Crippen LogP contribution >= 0.6 is 0 Å². The second-order valence-electron chi connectivity index (χ2n) is 5.43. The average Bonchev–Trinajstić information content (AvgIpc) is 2.41. The molecular weight excluding hydrogens is 230 g/mol. The molecule has 2 aromatic carbocycles. The Balaban J connectivity index is 2.32. The van der Waals surface area contributed by atoms with E-state index in [1.807, 2.05) is 0 Å². The Kier molecular flexibility index (Phi) is 3.94. The van der Waals surface area contributed by atoms with Crippen LogP contribution in [0.4, 0.5) is 5.69 Å². The molecule has 19 heavy (non-hydrogen) atoms. The monoisotopic (exact) mass is 253 g/mol. The number of rotatable bonds is 3. The molecule has 0 bridgehead atoms. The van der Waals surface area contributed by atoms with Crippen LogP contribution in [0.15, 0.2) is 36.4 Å². The van der Waals surface area contributed by atoms with Gasteiger partial charge in [-0.05, 0) is 61.6 Å². The Bertz CT molecular complexity index is 570. The molecule has 0 N–H and O–H groups in total. The van der Waals surface area contributed by atoms with Gasteiger partial charge in [0, 0.05) is 19.3 Å². The molecule has 0 atom stereocenters. The molecule has 0 fully saturated rings. The fourth-order valence-corrected chi connectivity index (χ4v) is 2.53. The largest absolute Gasteiger partial charge is 0.370 e. The zero-order chi connectivity index (χ0) is 14.0. The standard InChI is InChI=1S/C18H23N/c1-13-11-18(16(4)15(3)14(13)2)19(5)12-17-9-7-6-8-10-17/h6-11H,12H2,1-5H3. The summed E-state index contributed by atoms with van der Waals surface area (Å²) in [5.74, 6) is 0. The Hall–Kier alpha value is -1.76. The lowest BCUT2D eigenvalue weighted by atomic mass is 9.97. The van der Waals surface area contributed by atoms with Crippen molar-refractivity contribution in [2.75, 3.05) is 11.9 Å². The second-order valence-corrected chi connectivity index (χ2v) is 5.43. The minimum atomic E-state index is 0.948. The zero-order valence-corrected chi connectivity index (χ0v) is 12.6. The highest BCUT2D eigenvalue weighted by Gasteiger charge is 2.10. The van der Waals surface area contributed by atoms with Crippen molar-refractivity contribution in [2.45, 2.75) is 34.2 Å². The molecule has 0 saturated carbocycles. The van der Waals surface area contributed by atoms with E-state index in [0.717, 1.165) is 6.54 Å². The second kappa shape index (κ2) is 5.48. The molecule has 0 radical (unpaired) electrons. The third kappa shape index (κ3) is 2.81. The van der Waals surface area contributed by atoms with Gasteiger partial charge in [0.05, 0.1) is 0 Å². The highest BCUT2D eigenvalue weighted by molar-refractivity contribution is 5.60. The van der Waals surface area contributed by atoms with Crippen molar-refractivity contribution in [3.05, 3.63) is 64.2 Å². The van der Waals surface area contributed by atoms with Crippen molar-refractivity contribution >= 4 is 5.69 Å². The van der Waals surface area contributed by atoms with E-state index in [2.05, 4.69) is 76.0 Å². The Morgan fingerprint density at radius 3 is 2.11 bits per heavy atom. The summed E-state index contributed by atoms with van der Waals surface area (Å²) in [6.07, 6.45) is 0. The Morgan fingerprint density at radius 1 is 0.842 bits per heavy atom. The first-order valence-corrected chi connectivity index (χ1v) is 6.83. The highest BCUT2D eigenvalue weighted by Crippen LogP contribution is 2.28. The zero-order valence-electron chi connectivity index (χ0n) is 12.6. The summed E-state index contributed by atoms with van der Waals surface area (Å²) in [6, 6.07) is 12.9. The number of anilines is 1. The van der Waals surface area contributed by atoms with Gasteiger partial charge in [0.15, 0.2) is 0 Å². The molecule has 0 heterocycles. The summed E-state index contributed by atoms with van der Waals surface area (Å²) in [4.78, 5) is 2.34. The van der Waals surface area contributed by atoms with Crippen LogP contribution in [-0.2, 0) is 6.54 Å². The summed E-state index contributed by atoms with van der Waals surface area (Å²) in [5, 5.41) is 0. The van der Waals surface area contributed by atoms with Gasteiger partial charge < -0.3 is 4.90 Å². The topological polar surface area (TPSA) is 3.24 Å². The molecule has 1 heteroatoms. The van der Waals surface area contributed by atoms with Crippen LogP contribution in [0.25, 0.3) is 0 Å². The van der Waals surface area contributed by atoms with Gasteiger partial charge in [-0.2, -0.15) is 0 Å². The van der Waals surface area contributed by atoms with Crippen LogP contribution in [0.2, 0.25) is 0 Å². The molecule has 0 saturated heterocycles.